The van der Waals surface area contributed by atoms with Gasteiger partial charge in [0.05, 0.1) is 13.7 Å². The molecule has 1 heterocycles. The van der Waals surface area contributed by atoms with Crippen molar-refractivity contribution in [1.82, 2.24) is 4.90 Å². The molecule has 1 aromatic rings. The zero-order valence-corrected chi connectivity index (χ0v) is 17.2. The molecule has 0 N–H and O–H groups in total. The van der Waals surface area contributed by atoms with Crippen LogP contribution in [0.4, 0.5) is 0 Å². The van der Waals surface area contributed by atoms with Gasteiger partial charge in [-0.25, -0.2) is 9.59 Å². The van der Waals surface area contributed by atoms with Crippen LogP contribution in [0.2, 0.25) is 5.02 Å². The summed E-state index contributed by atoms with van der Waals surface area (Å²) in [5, 5.41) is 0.451. The Kier molecular flexibility index (Phi) is 9.50. The number of likely N-dealkylation sites (tertiary alicyclic amines) is 1. The molecule has 2 atom stereocenters. The summed E-state index contributed by atoms with van der Waals surface area (Å²) in [5.74, 6) is -0.785. The number of esters is 2. The van der Waals surface area contributed by atoms with Crippen LogP contribution in [0.5, 0.6) is 0 Å². The highest BCUT2D eigenvalue weighted by atomic mass is 35.5. The fraction of sp³-hybridized carbons (Fsp3) is 0.444. The molecule has 0 aromatic heterocycles. The van der Waals surface area contributed by atoms with E-state index in [1.165, 1.54) is 13.2 Å². The number of hydrogen-bond acceptors (Lipinski definition) is 6. The fourth-order valence-corrected chi connectivity index (χ4v) is 3.38. The van der Waals surface area contributed by atoms with E-state index in [9.17, 15) is 9.59 Å². The highest BCUT2D eigenvalue weighted by Crippen LogP contribution is 2.33. The molecule has 1 fully saturated rings. The van der Waals surface area contributed by atoms with Gasteiger partial charge >= 0.3 is 11.9 Å². The first-order chi connectivity index (χ1) is 12.0. The number of ether oxygens (including phenoxy) is 2. The summed E-state index contributed by atoms with van der Waals surface area (Å²) < 4.78 is 9.97. The normalized spacial score (nSPS) is 20.2. The molecule has 1 saturated heterocycles. The van der Waals surface area contributed by atoms with Crippen molar-refractivity contribution in [3.05, 3.63) is 46.5 Å². The third-order valence-corrected chi connectivity index (χ3v) is 5.02. The molecular formula is C18H23Cl2NO4S. The number of halogens is 2. The molecular weight excluding hydrogens is 397 g/mol. The summed E-state index contributed by atoms with van der Waals surface area (Å²) in [6, 6.07) is 6.56. The summed E-state index contributed by atoms with van der Waals surface area (Å²) in [4.78, 5) is 26.2. The zero-order chi connectivity index (χ0) is 18.4. The molecule has 5 nitrogen and oxygen atoms in total. The second-order valence-electron chi connectivity index (χ2n) is 5.69. The number of carbonyl (C=O) groups is 2. The third kappa shape index (κ3) is 5.64. The van der Waals surface area contributed by atoms with Crippen LogP contribution in [0.1, 0.15) is 24.9 Å². The maximum Gasteiger partial charge on any atom is 0.330 e. The number of carbonyl (C=O) groups excluding carboxylic acids is 2. The van der Waals surface area contributed by atoms with E-state index in [-0.39, 0.29) is 23.6 Å². The van der Waals surface area contributed by atoms with Gasteiger partial charge in [-0.2, -0.15) is 12.6 Å². The minimum absolute atomic E-state index is 0. The molecule has 8 heteroatoms. The Bertz CT molecular complexity index is 668. The number of methoxy groups -OCH3 is 1. The maximum absolute atomic E-state index is 12.4. The van der Waals surface area contributed by atoms with Crippen molar-refractivity contribution in [1.29, 1.82) is 0 Å². The van der Waals surface area contributed by atoms with Gasteiger partial charge < -0.3 is 9.47 Å². The minimum Gasteiger partial charge on any atom is -0.468 e. The lowest BCUT2D eigenvalue weighted by Gasteiger charge is -2.36. The molecule has 144 valence electrons. The van der Waals surface area contributed by atoms with Crippen molar-refractivity contribution in [3.8, 4) is 0 Å². The molecule has 2 unspecified atom stereocenters. The van der Waals surface area contributed by atoms with E-state index in [0.717, 1.165) is 5.57 Å². The van der Waals surface area contributed by atoms with E-state index < -0.39 is 12.0 Å². The van der Waals surface area contributed by atoms with Crippen molar-refractivity contribution >= 4 is 48.6 Å². The Labute approximate surface area is 170 Å². The van der Waals surface area contributed by atoms with Gasteiger partial charge in [-0.15, -0.1) is 12.4 Å². The fourth-order valence-electron chi connectivity index (χ4n) is 2.87. The highest BCUT2D eigenvalue weighted by Gasteiger charge is 2.34. The van der Waals surface area contributed by atoms with Crippen LogP contribution >= 0.6 is 36.6 Å². The predicted octanol–water partition coefficient (Wildman–Crippen LogP) is 3.47. The van der Waals surface area contributed by atoms with Crippen molar-refractivity contribution in [2.75, 3.05) is 26.8 Å². The molecule has 0 amide bonds. The number of benzene rings is 1. The first kappa shape index (κ1) is 22.8. The second kappa shape index (κ2) is 10.8. The largest absolute Gasteiger partial charge is 0.468 e. The Hall–Kier alpha value is -1.21. The van der Waals surface area contributed by atoms with Crippen molar-refractivity contribution in [2.24, 2.45) is 0 Å². The molecule has 1 aliphatic rings. The van der Waals surface area contributed by atoms with Crippen molar-refractivity contribution in [2.45, 2.75) is 24.6 Å². The lowest BCUT2D eigenvalue weighted by Crippen LogP contribution is -2.42. The number of rotatable bonds is 5. The molecule has 0 saturated carbocycles. The Morgan fingerprint density at radius 1 is 1.42 bits per heavy atom. The van der Waals surface area contributed by atoms with Crippen LogP contribution < -0.4 is 0 Å². The number of piperidine rings is 1. The topological polar surface area (TPSA) is 55.8 Å². The summed E-state index contributed by atoms with van der Waals surface area (Å²) in [7, 11) is 1.35. The molecule has 1 aliphatic heterocycles. The van der Waals surface area contributed by atoms with E-state index in [0.29, 0.717) is 36.7 Å². The average molecular weight is 420 g/mol. The standard InChI is InChI=1S/C18H22ClNO4S.ClH/c1-3-24-16(21)10-12-11-20(9-8-15(12)25)17(18(22)23-2)13-6-4-5-7-14(13)19;/h4-7,10,15,17,25H,3,8-9,11H2,1-2H3;1H/b12-10+;. The number of hydrogen-bond donors (Lipinski definition) is 1. The monoisotopic (exact) mass is 419 g/mol. The summed E-state index contributed by atoms with van der Waals surface area (Å²) in [5.41, 5.74) is 1.50. The summed E-state index contributed by atoms with van der Waals surface area (Å²) in [6.45, 7) is 3.12. The highest BCUT2D eigenvalue weighted by molar-refractivity contribution is 7.81. The van der Waals surface area contributed by atoms with E-state index in [1.807, 2.05) is 23.1 Å². The van der Waals surface area contributed by atoms with Gasteiger partial charge in [0, 0.05) is 29.4 Å². The first-order valence-electron chi connectivity index (χ1n) is 8.09. The zero-order valence-electron chi connectivity index (χ0n) is 14.7. The van der Waals surface area contributed by atoms with Gasteiger partial charge in [-0.05, 0) is 30.5 Å². The van der Waals surface area contributed by atoms with Crippen LogP contribution in [0.25, 0.3) is 0 Å². The maximum atomic E-state index is 12.4. The van der Waals surface area contributed by atoms with Crippen LogP contribution in [-0.2, 0) is 19.1 Å². The van der Waals surface area contributed by atoms with Gasteiger partial charge in [-0.3, -0.25) is 4.90 Å². The van der Waals surface area contributed by atoms with Gasteiger partial charge in [0.25, 0.3) is 0 Å². The van der Waals surface area contributed by atoms with Crippen LogP contribution in [0.15, 0.2) is 35.9 Å². The summed E-state index contributed by atoms with van der Waals surface area (Å²) in [6.07, 6.45) is 2.17. The number of nitrogens with zero attached hydrogens (tertiary/aromatic N) is 1. The number of thiol groups is 1. The van der Waals surface area contributed by atoms with Crippen molar-refractivity contribution < 1.29 is 19.1 Å². The van der Waals surface area contributed by atoms with E-state index in [4.69, 9.17) is 21.1 Å². The molecule has 2 rings (SSSR count). The molecule has 0 aliphatic carbocycles. The Morgan fingerprint density at radius 3 is 2.73 bits per heavy atom. The summed E-state index contributed by atoms with van der Waals surface area (Å²) >= 11 is 10.8. The predicted molar refractivity (Wildman–Crippen MR) is 107 cm³/mol. The van der Waals surface area contributed by atoms with Crippen LogP contribution in [0.3, 0.4) is 0 Å². The SMILES string of the molecule is CCOC(=O)/C=C1\CN(C(C(=O)OC)c2ccccc2Cl)CCC1S.Cl. The second-order valence-corrected chi connectivity index (χ2v) is 6.72. The lowest BCUT2D eigenvalue weighted by molar-refractivity contribution is -0.147. The quantitative estimate of drug-likeness (QED) is 0.449. The molecule has 0 bridgehead atoms. The smallest absolute Gasteiger partial charge is 0.330 e. The molecule has 26 heavy (non-hydrogen) atoms. The first-order valence-corrected chi connectivity index (χ1v) is 8.99. The molecule has 1 aromatic carbocycles. The van der Waals surface area contributed by atoms with E-state index in [1.54, 1.807) is 13.0 Å². The minimum atomic E-state index is -0.634. The van der Waals surface area contributed by atoms with Gasteiger partial charge in [0.1, 0.15) is 6.04 Å². The van der Waals surface area contributed by atoms with Gasteiger partial charge in [-0.1, -0.05) is 29.8 Å². The third-order valence-electron chi connectivity index (χ3n) is 4.08. The Balaban J connectivity index is 0.00000338. The molecule has 0 radical (unpaired) electrons. The lowest BCUT2D eigenvalue weighted by atomic mass is 9.98. The van der Waals surface area contributed by atoms with Gasteiger partial charge in [0.15, 0.2) is 0 Å². The van der Waals surface area contributed by atoms with Gasteiger partial charge in [0.2, 0.25) is 0 Å². The van der Waals surface area contributed by atoms with Crippen molar-refractivity contribution in [3.63, 3.8) is 0 Å². The molecule has 0 spiro atoms. The Morgan fingerprint density at radius 2 is 2.12 bits per heavy atom. The average Bonchev–Trinajstić information content (AvgIpc) is 2.59. The van der Waals surface area contributed by atoms with E-state index in [2.05, 4.69) is 12.6 Å². The van der Waals surface area contributed by atoms with Crippen LogP contribution in [-0.4, -0.2) is 48.9 Å². The van der Waals surface area contributed by atoms with Crippen LogP contribution in [0, 0.1) is 0 Å². The van der Waals surface area contributed by atoms with E-state index >= 15 is 0 Å².